The van der Waals surface area contributed by atoms with E-state index < -0.39 is 0 Å². The van der Waals surface area contributed by atoms with Gasteiger partial charge in [-0.3, -0.25) is 4.79 Å². The van der Waals surface area contributed by atoms with Gasteiger partial charge in [-0.1, -0.05) is 0 Å². The van der Waals surface area contributed by atoms with Crippen molar-refractivity contribution in [2.75, 3.05) is 17.6 Å². The highest BCUT2D eigenvalue weighted by Gasteiger charge is 2.25. The SMILES string of the molecule is Nc1c(NCC2CC(N)C2)nc[nH]c1=O. The van der Waals surface area contributed by atoms with Crippen molar-refractivity contribution in [3.05, 3.63) is 16.7 Å². The third-order valence-electron chi connectivity index (χ3n) is 2.72. The van der Waals surface area contributed by atoms with Crippen molar-refractivity contribution in [2.45, 2.75) is 18.9 Å². The first-order valence-corrected chi connectivity index (χ1v) is 4.99. The predicted octanol–water partition coefficient (Wildman–Crippen LogP) is -0.499. The Hall–Kier alpha value is -1.56. The van der Waals surface area contributed by atoms with Crippen LogP contribution in [0.3, 0.4) is 0 Å². The maximum absolute atomic E-state index is 11.1. The predicted molar refractivity (Wildman–Crippen MR) is 58.5 cm³/mol. The number of nitrogens with zero attached hydrogens (tertiary/aromatic N) is 1. The van der Waals surface area contributed by atoms with Crippen LogP contribution in [0.2, 0.25) is 0 Å². The second kappa shape index (κ2) is 3.90. The molecule has 15 heavy (non-hydrogen) atoms. The molecule has 6 heteroatoms. The molecule has 0 aliphatic heterocycles. The van der Waals surface area contributed by atoms with Gasteiger partial charge in [0.15, 0.2) is 5.82 Å². The maximum atomic E-state index is 11.1. The highest BCUT2D eigenvalue weighted by atomic mass is 16.1. The van der Waals surface area contributed by atoms with Crippen LogP contribution in [-0.2, 0) is 0 Å². The summed E-state index contributed by atoms with van der Waals surface area (Å²) in [7, 11) is 0. The van der Waals surface area contributed by atoms with E-state index in [1.807, 2.05) is 0 Å². The van der Waals surface area contributed by atoms with Gasteiger partial charge in [-0.15, -0.1) is 0 Å². The number of nitrogens with two attached hydrogens (primary N) is 2. The fourth-order valence-electron chi connectivity index (χ4n) is 1.75. The topological polar surface area (TPSA) is 110 Å². The van der Waals surface area contributed by atoms with Crippen molar-refractivity contribution in [3.8, 4) is 0 Å². The van der Waals surface area contributed by atoms with Gasteiger partial charge in [-0.25, -0.2) is 4.98 Å². The second-order valence-corrected chi connectivity index (χ2v) is 3.97. The molecular formula is C9H15N5O. The first-order chi connectivity index (χ1) is 7.16. The lowest BCUT2D eigenvalue weighted by Gasteiger charge is -2.32. The van der Waals surface area contributed by atoms with E-state index in [9.17, 15) is 4.79 Å². The summed E-state index contributed by atoms with van der Waals surface area (Å²) in [5, 5.41) is 3.06. The van der Waals surface area contributed by atoms with E-state index in [2.05, 4.69) is 15.3 Å². The standard InChI is InChI=1S/C9H15N5O/c10-6-1-5(2-6)3-12-8-7(11)9(15)14-4-13-8/h4-6H,1-3,10-11H2,(H2,12,13,14,15). The number of hydrogen-bond acceptors (Lipinski definition) is 5. The van der Waals surface area contributed by atoms with Crippen LogP contribution in [0.4, 0.5) is 11.5 Å². The molecule has 6 nitrogen and oxygen atoms in total. The molecule has 0 aromatic carbocycles. The molecule has 0 atom stereocenters. The van der Waals surface area contributed by atoms with Crippen molar-refractivity contribution in [3.63, 3.8) is 0 Å². The fraction of sp³-hybridized carbons (Fsp3) is 0.556. The molecule has 0 unspecified atom stereocenters. The third kappa shape index (κ3) is 2.10. The molecule has 1 heterocycles. The molecule has 82 valence electrons. The molecule has 0 radical (unpaired) electrons. The average Bonchev–Trinajstić information content (AvgIpc) is 2.17. The Labute approximate surface area is 87.1 Å². The summed E-state index contributed by atoms with van der Waals surface area (Å²) >= 11 is 0. The Morgan fingerprint density at radius 2 is 2.33 bits per heavy atom. The van der Waals surface area contributed by atoms with Crippen LogP contribution in [0.1, 0.15) is 12.8 Å². The van der Waals surface area contributed by atoms with Crippen LogP contribution in [0.25, 0.3) is 0 Å². The number of aromatic amines is 1. The molecule has 0 amide bonds. The van der Waals surface area contributed by atoms with Gasteiger partial charge in [-0.05, 0) is 18.8 Å². The van der Waals surface area contributed by atoms with Crippen molar-refractivity contribution in [1.82, 2.24) is 9.97 Å². The van der Waals surface area contributed by atoms with Gasteiger partial charge in [0.25, 0.3) is 5.56 Å². The smallest absolute Gasteiger partial charge is 0.276 e. The first kappa shape index (κ1) is 9.97. The van der Waals surface area contributed by atoms with Gasteiger partial charge < -0.3 is 21.8 Å². The number of nitrogen functional groups attached to an aromatic ring is 1. The molecule has 1 aliphatic rings. The van der Waals surface area contributed by atoms with Gasteiger partial charge in [-0.2, -0.15) is 0 Å². The van der Waals surface area contributed by atoms with Crippen molar-refractivity contribution in [2.24, 2.45) is 11.7 Å². The highest BCUT2D eigenvalue weighted by molar-refractivity contribution is 5.58. The summed E-state index contributed by atoms with van der Waals surface area (Å²) in [5.41, 5.74) is 11.1. The molecule has 0 spiro atoms. The van der Waals surface area contributed by atoms with Crippen LogP contribution >= 0.6 is 0 Å². The van der Waals surface area contributed by atoms with Crippen molar-refractivity contribution >= 4 is 11.5 Å². The summed E-state index contributed by atoms with van der Waals surface area (Å²) in [5.74, 6) is 1.03. The number of anilines is 2. The van der Waals surface area contributed by atoms with Gasteiger partial charge >= 0.3 is 0 Å². The van der Waals surface area contributed by atoms with Gasteiger partial charge in [0, 0.05) is 12.6 Å². The molecule has 1 aliphatic carbocycles. The Kier molecular flexibility index (Phi) is 2.59. The number of nitrogens with one attached hydrogen (secondary N) is 2. The molecule has 1 fully saturated rings. The summed E-state index contributed by atoms with van der Waals surface area (Å²) in [4.78, 5) is 17.5. The van der Waals surface area contributed by atoms with E-state index in [0.29, 0.717) is 17.8 Å². The summed E-state index contributed by atoms with van der Waals surface area (Å²) in [6, 6.07) is 0.335. The van der Waals surface area contributed by atoms with Crippen LogP contribution in [-0.4, -0.2) is 22.6 Å². The van der Waals surface area contributed by atoms with Gasteiger partial charge in [0.2, 0.25) is 0 Å². The van der Waals surface area contributed by atoms with E-state index in [1.54, 1.807) is 0 Å². The second-order valence-electron chi connectivity index (χ2n) is 3.97. The molecule has 1 aromatic heterocycles. The van der Waals surface area contributed by atoms with E-state index >= 15 is 0 Å². The zero-order chi connectivity index (χ0) is 10.8. The molecular weight excluding hydrogens is 194 g/mol. The monoisotopic (exact) mass is 209 g/mol. The normalized spacial score (nSPS) is 24.6. The number of aromatic nitrogens is 2. The number of rotatable bonds is 3. The Bertz CT molecular complexity index is 396. The quantitative estimate of drug-likeness (QED) is 0.536. The first-order valence-electron chi connectivity index (χ1n) is 4.99. The Morgan fingerprint density at radius 1 is 1.60 bits per heavy atom. The summed E-state index contributed by atoms with van der Waals surface area (Å²) in [6.07, 6.45) is 3.39. The summed E-state index contributed by atoms with van der Waals surface area (Å²) in [6.45, 7) is 0.772. The fourth-order valence-corrected chi connectivity index (χ4v) is 1.75. The summed E-state index contributed by atoms with van der Waals surface area (Å²) < 4.78 is 0. The van der Waals surface area contributed by atoms with Crippen LogP contribution in [0.15, 0.2) is 11.1 Å². The number of H-pyrrole nitrogens is 1. The van der Waals surface area contributed by atoms with E-state index in [0.717, 1.165) is 19.4 Å². The third-order valence-corrected chi connectivity index (χ3v) is 2.72. The maximum Gasteiger partial charge on any atom is 0.276 e. The molecule has 6 N–H and O–H groups in total. The largest absolute Gasteiger partial charge is 0.391 e. The molecule has 0 saturated heterocycles. The zero-order valence-corrected chi connectivity index (χ0v) is 8.36. The molecule has 1 aromatic rings. The van der Waals surface area contributed by atoms with E-state index in [1.165, 1.54) is 6.33 Å². The molecule has 1 saturated carbocycles. The minimum Gasteiger partial charge on any atom is -0.391 e. The molecule has 2 rings (SSSR count). The average molecular weight is 209 g/mol. The lowest BCUT2D eigenvalue weighted by Crippen LogP contribution is -2.39. The highest BCUT2D eigenvalue weighted by Crippen LogP contribution is 2.25. The van der Waals surface area contributed by atoms with E-state index in [-0.39, 0.29) is 11.2 Å². The Balaban J connectivity index is 1.93. The van der Waals surface area contributed by atoms with Crippen LogP contribution in [0, 0.1) is 5.92 Å². The van der Waals surface area contributed by atoms with Gasteiger partial charge in [0.1, 0.15) is 5.69 Å². The minimum atomic E-state index is -0.308. The lowest BCUT2D eigenvalue weighted by atomic mass is 9.81. The number of hydrogen-bond donors (Lipinski definition) is 4. The van der Waals surface area contributed by atoms with Crippen molar-refractivity contribution < 1.29 is 0 Å². The van der Waals surface area contributed by atoms with Gasteiger partial charge in [0.05, 0.1) is 6.33 Å². The zero-order valence-electron chi connectivity index (χ0n) is 8.36. The van der Waals surface area contributed by atoms with Crippen LogP contribution < -0.4 is 22.3 Å². The lowest BCUT2D eigenvalue weighted by molar-refractivity contribution is 0.280. The van der Waals surface area contributed by atoms with E-state index in [4.69, 9.17) is 11.5 Å². The van der Waals surface area contributed by atoms with Crippen molar-refractivity contribution in [1.29, 1.82) is 0 Å². The van der Waals surface area contributed by atoms with Crippen LogP contribution in [0.5, 0.6) is 0 Å². The Morgan fingerprint density at radius 3 is 3.00 bits per heavy atom. The molecule has 0 bridgehead atoms. The minimum absolute atomic E-state index is 0.140.